The van der Waals surface area contributed by atoms with E-state index in [1.165, 1.54) is 24.4 Å². The Bertz CT molecular complexity index is 693. The molecule has 0 radical (unpaired) electrons. The van der Waals surface area contributed by atoms with E-state index in [1.54, 1.807) is 12.1 Å². The van der Waals surface area contributed by atoms with Crippen molar-refractivity contribution in [2.24, 2.45) is 0 Å². The molecule has 1 aromatic heterocycles. The molecule has 0 fully saturated rings. The molecule has 0 atom stereocenters. The highest BCUT2D eigenvalue weighted by Gasteiger charge is 2.12. The van der Waals surface area contributed by atoms with E-state index in [0.717, 1.165) is 11.8 Å². The van der Waals surface area contributed by atoms with Gasteiger partial charge in [-0.2, -0.15) is 0 Å². The number of carbonyl (C=O) groups is 1. The molecule has 0 aliphatic carbocycles. The minimum absolute atomic E-state index is 0.0573. The Labute approximate surface area is 126 Å². The Morgan fingerprint density at radius 1 is 1.35 bits per heavy atom. The Kier molecular flexibility index (Phi) is 4.35. The number of carboxylic acids is 1. The number of aromatic nitrogens is 1. The molecule has 102 valence electrons. The average molecular weight is 355 g/mol. The van der Waals surface area contributed by atoms with Gasteiger partial charge in [0.1, 0.15) is 5.03 Å². The molecule has 0 aliphatic heterocycles. The number of pyridine rings is 1. The fraction of sp³-hybridized carbons (Fsp3) is 0. The van der Waals surface area contributed by atoms with E-state index in [9.17, 15) is 14.9 Å². The summed E-state index contributed by atoms with van der Waals surface area (Å²) in [7, 11) is 0. The first-order chi connectivity index (χ1) is 9.47. The second-order valence-corrected chi connectivity index (χ2v) is 5.61. The monoisotopic (exact) mass is 354 g/mol. The molecule has 0 spiro atoms. The highest BCUT2D eigenvalue weighted by molar-refractivity contribution is 9.10. The third kappa shape index (κ3) is 3.34. The van der Waals surface area contributed by atoms with Crippen molar-refractivity contribution >= 4 is 39.3 Å². The van der Waals surface area contributed by atoms with E-state index < -0.39 is 10.9 Å². The first-order valence-electron chi connectivity index (χ1n) is 5.28. The van der Waals surface area contributed by atoms with Gasteiger partial charge in [-0.25, -0.2) is 9.78 Å². The first kappa shape index (κ1) is 14.5. The Hall–Kier alpha value is -1.93. The van der Waals surface area contributed by atoms with Crippen LogP contribution >= 0.6 is 27.7 Å². The van der Waals surface area contributed by atoms with Gasteiger partial charge in [0.2, 0.25) is 0 Å². The highest BCUT2D eigenvalue weighted by Crippen LogP contribution is 2.30. The van der Waals surface area contributed by atoms with Crippen LogP contribution < -0.4 is 0 Å². The van der Waals surface area contributed by atoms with E-state index in [4.69, 9.17) is 5.11 Å². The lowest BCUT2D eigenvalue weighted by Gasteiger charge is -2.04. The number of rotatable bonds is 4. The summed E-state index contributed by atoms with van der Waals surface area (Å²) in [5.41, 5.74) is 0.0681. The van der Waals surface area contributed by atoms with Crippen molar-refractivity contribution in [3.05, 3.63) is 56.7 Å². The minimum atomic E-state index is -1.05. The lowest BCUT2D eigenvalue weighted by molar-refractivity contribution is -0.385. The van der Waals surface area contributed by atoms with Gasteiger partial charge in [-0.3, -0.25) is 10.1 Å². The summed E-state index contributed by atoms with van der Waals surface area (Å²) in [5.74, 6) is -1.05. The molecule has 6 nitrogen and oxygen atoms in total. The lowest BCUT2D eigenvalue weighted by atomic mass is 10.2. The molecule has 0 saturated carbocycles. The standard InChI is InChI=1S/C12H7BrN2O4S/c13-10-2-1-8(6-9(10)12(16)17)20-11-5-7(15(18)19)3-4-14-11/h1-6H,(H,16,17). The van der Waals surface area contributed by atoms with Crippen LogP contribution in [0.5, 0.6) is 0 Å². The molecule has 2 rings (SSSR count). The molecule has 0 bridgehead atoms. The van der Waals surface area contributed by atoms with E-state index >= 15 is 0 Å². The minimum Gasteiger partial charge on any atom is -0.478 e. The molecule has 0 amide bonds. The maximum Gasteiger partial charge on any atom is 0.336 e. The third-order valence-electron chi connectivity index (χ3n) is 2.32. The van der Waals surface area contributed by atoms with Crippen molar-refractivity contribution in [1.82, 2.24) is 4.98 Å². The highest BCUT2D eigenvalue weighted by atomic mass is 79.9. The van der Waals surface area contributed by atoms with Crippen molar-refractivity contribution in [2.75, 3.05) is 0 Å². The van der Waals surface area contributed by atoms with Gasteiger partial charge in [0, 0.05) is 27.7 Å². The van der Waals surface area contributed by atoms with Crippen molar-refractivity contribution in [3.63, 3.8) is 0 Å². The first-order valence-corrected chi connectivity index (χ1v) is 6.89. The van der Waals surface area contributed by atoms with Crippen LogP contribution in [0.15, 0.2) is 50.9 Å². The number of nitro groups is 1. The van der Waals surface area contributed by atoms with Gasteiger partial charge < -0.3 is 5.11 Å². The summed E-state index contributed by atoms with van der Waals surface area (Å²) in [5, 5.41) is 20.1. The number of hydrogen-bond donors (Lipinski definition) is 1. The Morgan fingerprint density at radius 2 is 2.10 bits per heavy atom. The summed E-state index contributed by atoms with van der Waals surface area (Å²) in [6, 6.07) is 7.45. The van der Waals surface area contributed by atoms with Crippen LogP contribution in [0.3, 0.4) is 0 Å². The average Bonchev–Trinajstić information content (AvgIpc) is 2.41. The van der Waals surface area contributed by atoms with Gasteiger partial charge in [-0.05, 0) is 34.1 Å². The number of aromatic carboxylic acids is 1. The van der Waals surface area contributed by atoms with E-state index in [-0.39, 0.29) is 11.3 Å². The molecular formula is C12H7BrN2O4S. The zero-order chi connectivity index (χ0) is 14.7. The SMILES string of the molecule is O=C(O)c1cc(Sc2cc([N+](=O)[O-])ccn2)ccc1Br. The number of hydrogen-bond acceptors (Lipinski definition) is 5. The van der Waals surface area contributed by atoms with Crippen LogP contribution in [0.2, 0.25) is 0 Å². The van der Waals surface area contributed by atoms with Crippen molar-refractivity contribution in [2.45, 2.75) is 9.92 Å². The molecule has 0 aliphatic rings. The van der Waals surface area contributed by atoms with Gasteiger partial charge >= 0.3 is 5.97 Å². The molecule has 0 unspecified atom stereocenters. The van der Waals surface area contributed by atoms with Gasteiger partial charge in [0.05, 0.1) is 10.5 Å². The Morgan fingerprint density at radius 3 is 2.75 bits per heavy atom. The van der Waals surface area contributed by atoms with Gasteiger partial charge in [0.15, 0.2) is 0 Å². The van der Waals surface area contributed by atoms with Gasteiger partial charge in [-0.15, -0.1) is 0 Å². The van der Waals surface area contributed by atoms with E-state index in [1.807, 2.05) is 0 Å². The maximum atomic E-state index is 11.0. The summed E-state index contributed by atoms with van der Waals surface area (Å²) in [4.78, 5) is 25.9. The fourth-order valence-electron chi connectivity index (χ4n) is 1.42. The summed E-state index contributed by atoms with van der Waals surface area (Å²) >= 11 is 4.31. The van der Waals surface area contributed by atoms with Crippen LogP contribution in [0.4, 0.5) is 5.69 Å². The molecule has 20 heavy (non-hydrogen) atoms. The molecule has 1 N–H and O–H groups in total. The second kappa shape index (κ2) is 6.02. The topological polar surface area (TPSA) is 93.3 Å². The van der Waals surface area contributed by atoms with Crippen molar-refractivity contribution < 1.29 is 14.8 Å². The Balaban J connectivity index is 2.30. The van der Waals surface area contributed by atoms with Crippen LogP contribution in [-0.2, 0) is 0 Å². The van der Waals surface area contributed by atoms with Gasteiger partial charge in [-0.1, -0.05) is 11.8 Å². The molecule has 0 saturated heterocycles. The molecule has 8 heteroatoms. The van der Waals surface area contributed by atoms with Crippen LogP contribution in [0, 0.1) is 10.1 Å². The number of nitrogens with zero attached hydrogens (tertiary/aromatic N) is 2. The molecule has 1 aromatic carbocycles. The molecular weight excluding hydrogens is 348 g/mol. The zero-order valence-electron chi connectivity index (χ0n) is 9.82. The zero-order valence-corrected chi connectivity index (χ0v) is 12.2. The van der Waals surface area contributed by atoms with Crippen LogP contribution in [-0.4, -0.2) is 21.0 Å². The summed E-state index contributed by atoms with van der Waals surface area (Å²) < 4.78 is 0.473. The lowest BCUT2D eigenvalue weighted by Crippen LogP contribution is -1.97. The third-order valence-corrected chi connectivity index (χ3v) is 3.93. The molecule has 2 aromatic rings. The number of carboxylic acid groups (broad SMARTS) is 1. The van der Waals surface area contributed by atoms with Crippen LogP contribution in [0.25, 0.3) is 0 Å². The fourth-order valence-corrected chi connectivity index (χ4v) is 2.68. The smallest absolute Gasteiger partial charge is 0.336 e. The van der Waals surface area contributed by atoms with E-state index in [0.29, 0.717) is 14.4 Å². The van der Waals surface area contributed by atoms with Crippen LogP contribution in [0.1, 0.15) is 10.4 Å². The molecule has 1 heterocycles. The van der Waals surface area contributed by atoms with E-state index in [2.05, 4.69) is 20.9 Å². The predicted octanol–water partition coefficient (Wildman–Crippen LogP) is 3.60. The quantitative estimate of drug-likeness (QED) is 0.665. The summed E-state index contributed by atoms with van der Waals surface area (Å²) in [6.07, 6.45) is 1.34. The van der Waals surface area contributed by atoms with Crippen molar-refractivity contribution in [3.8, 4) is 0 Å². The largest absolute Gasteiger partial charge is 0.478 e. The second-order valence-electron chi connectivity index (χ2n) is 3.66. The predicted molar refractivity (Wildman–Crippen MR) is 76.1 cm³/mol. The normalized spacial score (nSPS) is 10.2. The number of halogens is 1. The number of benzene rings is 1. The summed E-state index contributed by atoms with van der Waals surface area (Å²) in [6.45, 7) is 0. The van der Waals surface area contributed by atoms with Crippen molar-refractivity contribution in [1.29, 1.82) is 0 Å². The maximum absolute atomic E-state index is 11.0. The van der Waals surface area contributed by atoms with Gasteiger partial charge in [0.25, 0.3) is 5.69 Å².